The molecule has 0 saturated heterocycles. The van der Waals surface area contributed by atoms with Gasteiger partial charge in [0.05, 0.1) is 5.69 Å². The molecule has 0 saturated carbocycles. The van der Waals surface area contributed by atoms with Gasteiger partial charge in [-0.1, -0.05) is 30.3 Å². The zero-order valence-corrected chi connectivity index (χ0v) is 11.2. The van der Waals surface area contributed by atoms with E-state index in [1.165, 1.54) is 5.56 Å². The predicted octanol–water partition coefficient (Wildman–Crippen LogP) is 1.94. The number of amides is 1. The van der Waals surface area contributed by atoms with Gasteiger partial charge in [-0.15, -0.1) is 0 Å². The Hall–Kier alpha value is -2.10. The number of carbonyl (C=O) groups is 1. The quantitative estimate of drug-likeness (QED) is 0.859. The molecule has 100 valence electrons. The van der Waals surface area contributed by atoms with Crippen LogP contribution in [-0.2, 0) is 17.8 Å². The fourth-order valence-electron chi connectivity index (χ4n) is 1.88. The lowest BCUT2D eigenvalue weighted by molar-refractivity contribution is -0.121. The Labute approximate surface area is 113 Å². The van der Waals surface area contributed by atoms with E-state index in [2.05, 4.69) is 22.5 Å². The fourth-order valence-corrected chi connectivity index (χ4v) is 1.88. The first-order valence-electron chi connectivity index (χ1n) is 6.55. The summed E-state index contributed by atoms with van der Waals surface area (Å²) in [5, 5.41) is 7.18. The van der Waals surface area contributed by atoms with Crippen LogP contribution >= 0.6 is 0 Å². The molecule has 1 amide bonds. The van der Waals surface area contributed by atoms with E-state index in [0.29, 0.717) is 19.5 Å². The van der Waals surface area contributed by atoms with E-state index in [0.717, 1.165) is 12.1 Å². The Morgan fingerprint density at radius 2 is 2.05 bits per heavy atom. The summed E-state index contributed by atoms with van der Waals surface area (Å²) in [7, 11) is 0. The summed E-state index contributed by atoms with van der Waals surface area (Å²) >= 11 is 0. The Kier molecular flexibility index (Phi) is 4.72. The molecular weight excluding hydrogens is 238 g/mol. The van der Waals surface area contributed by atoms with Gasteiger partial charge in [-0.25, -0.2) is 0 Å². The molecule has 1 aromatic carbocycles. The maximum atomic E-state index is 11.7. The van der Waals surface area contributed by atoms with Gasteiger partial charge in [0.15, 0.2) is 0 Å². The molecule has 4 heteroatoms. The van der Waals surface area contributed by atoms with Crippen LogP contribution in [0, 0.1) is 6.92 Å². The molecule has 0 aliphatic heterocycles. The Balaban J connectivity index is 1.65. The van der Waals surface area contributed by atoms with Crippen LogP contribution in [0.4, 0.5) is 0 Å². The number of rotatable bonds is 6. The molecule has 1 N–H and O–H groups in total. The Morgan fingerprint density at radius 1 is 1.26 bits per heavy atom. The number of hydrogen-bond acceptors (Lipinski definition) is 2. The van der Waals surface area contributed by atoms with E-state index in [4.69, 9.17) is 0 Å². The summed E-state index contributed by atoms with van der Waals surface area (Å²) in [6, 6.07) is 12.1. The number of aryl methyl sites for hydroxylation is 2. The summed E-state index contributed by atoms with van der Waals surface area (Å²) < 4.78 is 1.80. The minimum atomic E-state index is 0.0732. The molecule has 1 heterocycles. The SMILES string of the molecule is Cc1ccn(CCC(=O)NCCc2ccccc2)n1. The largest absolute Gasteiger partial charge is 0.356 e. The molecule has 0 bridgehead atoms. The molecule has 2 rings (SSSR count). The van der Waals surface area contributed by atoms with Crippen molar-refractivity contribution in [3.05, 3.63) is 53.9 Å². The molecule has 0 atom stereocenters. The van der Waals surface area contributed by atoms with Gasteiger partial charge in [-0.2, -0.15) is 5.10 Å². The highest BCUT2D eigenvalue weighted by Crippen LogP contribution is 1.98. The molecule has 0 aliphatic carbocycles. The van der Waals surface area contributed by atoms with E-state index in [1.807, 2.05) is 37.4 Å². The van der Waals surface area contributed by atoms with Gasteiger partial charge in [0.25, 0.3) is 0 Å². The maximum Gasteiger partial charge on any atom is 0.221 e. The first-order chi connectivity index (χ1) is 9.24. The van der Waals surface area contributed by atoms with Crippen LogP contribution in [0.5, 0.6) is 0 Å². The summed E-state index contributed by atoms with van der Waals surface area (Å²) in [5.41, 5.74) is 2.22. The zero-order chi connectivity index (χ0) is 13.5. The lowest BCUT2D eigenvalue weighted by atomic mass is 10.1. The van der Waals surface area contributed by atoms with Crippen molar-refractivity contribution < 1.29 is 4.79 Å². The van der Waals surface area contributed by atoms with Crippen LogP contribution in [0.15, 0.2) is 42.6 Å². The number of nitrogens with zero attached hydrogens (tertiary/aromatic N) is 2. The topological polar surface area (TPSA) is 46.9 Å². The van der Waals surface area contributed by atoms with Crippen LogP contribution in [0.1, 0.15) is 17.7 Å². The lowest BCUT2D eigenvalue weighted by Crippen LogP contribution is -2.26. The van der Waals surface area contributed by atoms with Crippen molar-refractivity contribution in [2.45, 2.75) is 26.3 Å². The van der Waals surface area contributed by atoms with Crippen molar-refractivity contribution in [3.63, 3.8) is 0 Å². The molecular formula is C15H19N3O. The van der Waals surface area contributed by atoms with E-state index in [-0.39, 0.29) is 5.91 Å². The number of nitrogens with one attached hydrogen (secondary N) is 1. The number of carbonyl (C=O) groups excluding carboxylic acids is 1. The van der Waals surface area contributed by atoms with Gasteiger partial charge in [-0.05, 0) is 25.0 Å². The molecule has 19 heavy (non-hydrogen) atoms. The summed E-state index contributed by atoms with van der Waals surface area (Å²) in [5.74, 6) is 0.0732. The second-order valence-electron chi connectivity index (χ2n) is 4.56. The van der Waals surface area contributed by atoms with E-state index in [1.54, 1.807) is 4.68 Å². The van der Waals surface area contributed by atoms with Crippen molar-refractivity contribution in [1.82, 2.24) is 15.1 Å². The predicted molar refractivity (Wildman–Crippen MR) is 74.7 cm³/mol. The smallest absolute Gasteiger partial charge is 0.221 e. The van der Waals surface area contributed by atoms with Crippen molar-refractivity contribution >= 4 is 5.91 Å². The number of aromatic nitrogens is 2. The monoisotopic (exact) mass is 257 g/mol. The molecule has 4 nitrogen and oxygen atoms in total. The van der Waals surface area contributed by atoms with Crippen molar-refractivity contribution in [3.8, 4) is 0 Å². The highest BCUT2D eigenvalue weighted by Gasteiger charge is 2.02. The highest BCUT2D eigenvalue weighted by molar-refractivity contribution is 5.75. The molecule has 0 aliphatic rings. The van der Waals surface area contributed by atoms with Crippen LogP contribution in [-0.4, -0.2) is 22.2 Å². The second-order valence-corrected chi connectivity index (χ2v) is 4.56. The Morgan fingerprint density at radius 3 is 2.74 bits per heavy atom. The third-order valence-electron chi connectivity index (χ3n) is 2.92. The van der Waals surface area contributed by atoms with Crippen LogP contribution < -0.4 is 5.32 Å². The number of benzene rings is 1. The molecule has 0 fully saturated rings. The second kappa shape index (κ2) is 6.73. The van der Waals surface area contributed by atoms with Gasteiger partial charge in [0, 0.05) is 25.7 Å². The highest BCUT2D eigenvalue weighted by atomic mass is 16.1. The zero-order valence-electron chi connectivity index (χ0n) is 11.2. The third-order valence-corrected chi connectivity index (χ3v) is 2.92. The van der Waals surface area contributed by atoms with Gasteiger partial charge >= 0.3 is 0 Å². The first-order valence-corrected chi connectivity index (χ1v) is 6.55. The van der Waals surface area contributed by atoms with Crippen molar-refractivity contribution in [1.29, 1.82) is 0 Å². The van der Waals surface area contributed by atoms with Gasteiger partial charge in [-0.3, -0.25) is 9.48 Å². The van der Waals surface area contributed by atoms with Crippen molar-refractivity contribution in [2.24, 2.45) is 0 Å². The minimum absolute atomic E-state index is 0.0732. The standard InChI is InChI=1S/C15H19N3O/c1-13-8-11-18(17-13)12-9-15(19)16-10-7-14-5-3-2-4-6-14/h2-6,8,11H,7,9-10,12H2,1H3,(H,16,19). The van der Waals surface area contributed by atoms with Crippen LogP contribution in [0.3, 0.4) is 0 Å². The maximum absolute atomic E-state index is 11.7. The van der Waals surface area contributed by atoms with Crippen LogP contribution in [0.2, 0.25) is 0 Å². The summed E-state index contributed by atoms with van der Waals surface area (Å²) in [6.45, 7) is 3.25. The molecule has 0 unspecified atom stereocenters. The minimum Gasteiger partial charge on any atom is -0.356 e. The van der Waals surface area contributed by atoms with E-state index < -0.39 is 0 Å². The first kappa shape index (κ1) is 13.3. The third kappa shape index (κ3) is 4.58. The number of hydrogen-bond donors (Lipinski definition) is 1. The summed E-state index contributed by atoms with van der Waals surface area (Å²) in [6.07, 6.45) is 3.23. The van der Waals surface area contributed by atoms with Crippen molar-refractivity contribution in [2.75, 3.05) is 6.54 Å². The fraction of sp³-hybridized carbons (Fsp3) is 0.333. The van der Waals surface area contributed by atoms with Gasteiger partial charge in [0.1, 0.15) is 0 Å². The van der Waals surface area contributed by atoms with Gasteiger partial charge in [0.2, 0.25) is 5.91 Å². The normalized spacial score (nSPS) is 10.4. The van der Waals surface area contributed by atoms with E-state index >= 15 is 0 Å². The average Bonchev–Trinajstić information content (AvgIpc) is 2.83. The van der Waals surface area contributed by atoms with Gasteiger partial charge < -0.3 is 5.32 Å². The average molecular weight is 257 g/mol. The molecule has 0 radical (unpaired) electrons. The lowest BCUT2D eigenvalue weighted by Gasteiger charge is -2.05. The Bertz CT molecular complexity index is 519. The molecule has 2 aromatic rings. The summed E-state index contributed by atoms with van der Waals surface area (Å²) in [4.78, 5) is 11.7. The molecule has 0 spiro atoms. The van der Waals surface area contributed by atoms with E-state index in [9.17, 15) is 4.79 Å². The molecule has 1 aromatic heterocycles. The van der Waals surface area contributed by atoms with Crippen LogP contribution in [0.25, 0.3) is 0 Å².